The molecule has 0 aromatic carbocycles. The van der Waals surface area contributed by atoms with E-state index in [9.17, 15) is 4.79 Å². The van der Waals surface area contributed by atoms with E-state index in [1.807, 2.05) is 0 Å². The number of nitrogens with zero attached hydrogens (tertiary/aromatic N) is 1. The minimum Gasteiger partial charge on any atom is -0.354 e. The number of amides is 1. The zero-order valence-corrected chi connectivity index (χ0v) is 13.9. The molecule has 21 heavy (non-hydrogen) atoms. The van der Waals surface area contributed by atoms with Crippen molar-refractivity contribution in [1.29, 1.82) is 0 Å². The molecule has 0 bridgehead atoms. The van der Waals surface area contributed by atoms with Gasteiger partial charge in [0.1, 0.15) is 0 Å². The second-order valence-corrected chi connectivity index (χ2v) is 7.41. The van der Waals surface area contributed by atoms with Crippen LogP contribution in [0.25, 0.3) is 0 Å². The van der Waals surface area contributed by atoms with Crippen molar-refractivity contribution in [3.05, 3.63) is 0 Å². The minimum atomic E-state index is -0.303. The molecule has 0 aliphatic heterocycles. The highest BCUT2D eigenvalue weighted by Crippen LogP contribution is 2.36. The van der Waals surface area contributed by atoms with Crippen molar-refractivity contribution < 1.29 is 4.79 Å². The molecule has 4 nitrogen and oxygen atoms in total. The number of carbonyl (C=O) groups excluding carboxylic acids is 1. The Hall–Kier alpha value is -0.610. The van der Waals surface area contributed by atoms with Gasteiger partial charge in [-0.2, -0.15) is 0 Å². The predicted octanol–water partition coefficient (Wildman–Crippen LogP) is 2.28. The van der Waals surface area contributed by atoms with Crippen LogP contribution in [0.3, 0.4) is 0 Å². The Morgan fingerprint density at radius 3 is 2.00 bits per heavy atom. The summed E-state index contributed by atoms with van der Waals surface area (Å²) < 4.78 is 0. The third-order valence-electron chi connectivity index (χ3n) is 5.99. The quantitative estimate of drug-likeness (QED) is 0.765. The van der Waals surface area contributed by atoms with E-state index in [0.717, 1.165) is 32.2 Å². The number of hydrogen-bond donors (Lipinski definition) is 2. The van der Waals surface area contributed by atoms with Crippen LogP contribution in [0.1, 0.15) is 64.2 Å². The number of likely N-dealkylation sites (N-methyl/N-ethyl adjacent to an activating group) is 1. The van der Waals surface area contributed by atoms with E-state index in [-0.39, 0.29) is 16.9 Å². The first-order valence-corrected chi connectivity index (χ1v) is 8.71. The molecule has 2 aliphatic rings. The fourth-order valence-electron chi connectivity index (χ4n) is 4.18. The molecule has 0 aromatic rings. The van der Waals surface area contributed by atoms with Crippen LogP contribution in [0, 0.1) is 5.41 Å². The van der Waals surface area contributed by atoms with Crippen LogP contribution in [-0.2, 0) is 4.79 Å². The molecule has 0 aromatic heterocycles. The third-order valence-corrected chi connectivity index (χ3v) is 5.99. The first-order chi connectivity index (χ1) is 10.0. The molecular weight excluding hydrogens is 262 g/mol. The highest BCUT2D eigenvalue weighted by atomic mass is 16.2. The van der Waals surface area contributed by atoms with Gasteiger partial charge in [0.25, 0.3) is 0 Å². The topological polar surface area (TPSA) is 58.4 Å². The molecule has 2 aliphatic carbocycles. The van der Waals surface area contributed by atoms with Crippen LogP contribution >= 0.6 is 0 Å². The maximum absolute atomic E-state index is 12.8. The molecule has 2 saturated carbocycles. The maximum atomic E-state index is 12.8. The van der Waals surface area contributed by atoms with E-state index in [1.165, 1.54) is 38.5 Å². The van der Waals surface area contributed by atoms with Crippen LogP contribution < -0.4 is 11.1 Å². The van der Waals surface area contributed by atoms with Gasteiger partial charge in [0.05, 0.1) is 5.41 Å². The average Bonchev–Trinajstić information content (AvgIpc) is 2.83. The molecule has 0 atom stereocenters. The minimum absolute atomic E-state index is 0.163. The normalized spacial score (nSPS) is 24.8. The molecule has 4 heteroatoms. The lowest BCUT2D eigenvalue weighted by Crippen LogP contribution is -2.54. The number of nitrogens with two attached hydrogens (primary N) is 1. The highest BCUT2D eigenvalue weighted by molar-refractivity contribution is 5.83. The van der Waals surface area contributed by atoms with Gasteiger partial charge in [-0.15, -0.1) is 0 Å². The van der Waals surface area contributed by atoms with Crippen LogP contribution in [0.5, 0.6) is 0 Å². The number of carbonyl (C=O) groups is 1. The van der Waals surface area contributed by atoms with E-state index in [0.29, 0.717) is 6.54 Å². The van der Waals surface area contributed by atoms with Crippen LogP contribution in [-0.4, -0.2) is 43.5 Å². The first kappa shape index (κ1) is 16.8. The summed E-state index contributed by atoms with van der Waals surface area (Å²) >= 11 is 0. The predicted molar refractivity (Wildman–Crippen MR) is 87.1 cm³/mol. The monoisotopic (exact) mass is 295 g/mol. The molecule has 2 rings (SSSR count). The first-order valence-electron chi connectivity index (χ1n) is 8.71. The average molecular weight is 295 g/mol. The number of hydrogen-bond acceptors (Lipinski definition) is 3. The molecule has 0 radical (unpaired) electrons. The van der Waals surface area contributed by atoms with Crippen molar-refractivity contribution in [2.75, 3.05) is 27.2 Å². The fraction of sp³-hybridized carbons (Fsp3) is 0.941. The Morgan fingerprint density at radius 2 is 1.52 bits per heavy atom. The molecule has 2 fully saturated rings. The lowest BCUT2D eigenvalue weighted by atomic mass is 9.79. The van der Waals surface area contributed by atoms with Gasteiger partial charge in [0.2, 0.25) is 5.91 Å². The zero-order chi connectivity index (χ0) is 15.3. The van der Waals surface area contributed by atoms with Gasteiger partial charge in [-0.05, 0) is 39.8 Å². The van der Waals surface area contributed by atoms with E-state index in [4.69, 9.17) is 5.73 Å². The van der Waals surface area contributed by atoms with Crippen LogP contribution in [0.2, 0.25) is 0 Å². The van der Waals surface area contributed by atoms with Gasteiger partial charge in [-0.1, -0.05) is 38.5 Å². The Morgan fingerprint density at radius 1 is 1.00 bits per heavy atom. The van der Waals surface area contributed by atoms with Gasteiger partial charge in [0, 0.05) is 18.6 Å². The van der Waals surface area contributed by atoms with Crippen molar-refractivity contribution in [3.63, 3.8) is 0 Å². The lowest BCUT2D eigenvalue weighted by molar-refractivity contribution is -0.132. The standard InChI is InChI=1S/C17H33N3O/c1-20(2)17(11-7-8-12-17)14-19-15(21)16(13-18)9-5-3-4-6-10-16/h3-14,18H2,1-2H3,(H,19,21). The molecule has 3 N–H and O–H groups in total. The smallest absolute Gasteiger partial charge is 0.227 e. The van der Waals surface area contributed by atoms with Crippen LogP contribution in [0.15, 0.2) is 0 Å². The van der Waals surface area contributed by atoms with E-state index < -0.39 is 0 Å². The van der Waals surface area contributed by atoms with Gasteiger partial charge < -0.3 is 16.0 Å². The third kappa shape index (κ3) is 3.59. The van der Waals surface area contributed by atoms with Crippen molar-refractivity contribution >= 4 is 5.91 Å². The zero-order valence-electron chi connectivity index (χ0n) is 13.9. The molecule has 0 heterocycles. The Balaban J connectivity index is 1.98. The summed E-state index contributed by atoms with van der Waals surface area (Å²) in [7, 11) is 4.28. The van der Waals surface area contributed by atoms with Crippen LogP contribution in [0.4, 0.5) is 0 Å². The van der Waals surface area contributed by atoms with Crippen molar-refractivity contribution in [2.45, 2.75) is 69.7 Å². The van der Waals surface area contributed by atoms with Gasteiger partial charge in [-0.25, -0.2) is 0 Å². The summed E-state index contributed by atoms with van der Waals surface area (Å²) in [4.78, 5) is 15.1. The summed E-state index contributed by atoms with van der Waals surface area (Å²) in [6, 6.07) is 0. The van der Waals surface area contributed by atoms with Crippen molar-refractivity contribution in [1.82, 2.24) is 10.2 Å². The Labute approximate surface area is 129 Å². The highest BCUT2D eigenvalue weighted by Gasteiger charge is 2.40. The van der Waals surface area contributed by atoms with Gasteiger partial charge in [-0.3, -0.25) is 4.79 Å². The molecule has 0 saturated heterocycles. The number of rotatable bonds is 5. The largest absolute Gasteiger partial charge is 0.354 e. The summed E-state index contributed by atoms with van der Waals surface area (Å²) in [6.07, 6.45) is 11.6. The van der Waals surface area contributed by atoms with Crippen molar-refractivity contribution in [3.8, 4) is 0 Å². The van der Waals surface area contributed by atoms with Crippen molar-refractivity contribution in [2.24, 2.45) is 11.1 Å². The molecule has 0 unspecified atom stereocenters. The summed E-state index contributed by atoms with van der Waals surface area (Å²) in [5, 5.41) is 3.28. The molecule has 122 valence electrons. The Bertz CT molecular complexity index is 340. The molecule has 1 amide bonds. The second-order valence-electron chi connectivity index (χ2n) is 7.41. The lowest BCUT2D eigenvalue weighted by Gasteiger charge is -2.38. The fourth-order valence-corrected chi connectivity index (χ4v) is 4.18. The second kappa shape index (κ2) is 7.10. The molecular formula is C17H33N3O. The maximum Gasteiger partial charge on any atom is 0.227 e. The molecule has 0 spiro atoms. The van der Waals surface area contributed by atoms with E-state index >= 15 is 0 Å². The van der Waals surface area contributed by atoms with Gasteiger partial charge in [0.15, 0.2) is 0 Å². The SMILES string of the molecule is CN(C)C1(CNC(=O)C2(CN)CCCCCC2)CCCC1. The number of nitrogens with one attached hydrogen (secondary N) is 1. The van der Waals surface area contributed by atoms with E-state index in [1.54, 1.807) is 0 Å². The summed E-state index contributed by atoms with van der Waals surface area (Å²) in [5.74, 6) is 0.208. The van der Waals surface area contributed by atoms with E-state index in [2.05, 4.69) is 24.3 Å². The summed E-state index contributed by atoms with van der Waals surface area (Å²) in [5.41, 5.74) is 5.87. The van der Waals surface area contributed by atoms with Gasteiger partial charge >= 0.3 is 0 Å². The Kier molecular flexibility index (Phi) is 5.67. The summed E-state index contributed by atoms with van der Waals surface area (Å²) in [6.45, 7) is 1.27.